The van der Waals surface area contributed by atoms with Crippen molar-refractivity contribution in [1.29, 1.82) is 0 Å². The van der Waals surface area contributed by atoms with Gasteiger partial charge in [-0.15, -0.1) is 0 Å². The molecule has 0 aliphatic carbocycles. The maximum absolute atomic E-state index is 12.3. The molecule has 15 heavy (non-hydrogen) atoms. The molecule has 2 rings (SSSR count). The number of aromatic nitrogens is 1. The Hall–Kier alpha value is -1.30. The largest absolute Gasteiger partial charge is 0.433 e. The van der Waals surface area contributed by atoms with Crippen LogP contribution in [0.3, 0.4) is 0 Å². The van der Waals surface area contributed by atoms with Crippen molar-refractivity contribution in [1.82, 2.24) is 4.98 Å². The first-order valence-electron chi connectivity index (χ1n) is 4.51. The van der Waals surface area contributed by atoms with Crippen molar-refractivity contribution in [2.75, 3.05) is 18.0 Å². The second kappa shape index (κ2) is 3.37. The van der Waals surface area contributed by atoms with Crippen molar-refractivity contribution in [3.8, 4) is 0 Å². The fourth-order valence-corrected chi connectivity index (χ4v) is 1.46. The third-order valence-corrected chi connectivity index (χ3v) is 2.26. The smallest absolute Gasteiger partial charge is 0.353 e. The maximum atomic E-state index is 12.3. The van der Waals surface area contributed by atoms with Crippen LogP contribution < -0.4 is 10.6 Å². The van der Waals surface area contributed by atoms with E-state index < -0.39 is 11.9 Å². The van der Waals surface area contributed by atoms with Gasteiger partial charge in [-0.25, -0.2) is 4.98 Å². The Balaban J connectivity index is 2.20. The first-order valence-corrected chi connectivity index (χ1v) is 4.51. The third kappa shape index (κ3) is 2.04. The number of nitrogens with zero attached hydrogens (tertiary/aromatic N) is 2. The second-order valence-corrected chi connectivity index (χ2v) is 3.54. The molecule has 1 aromatic heterocycles. The highest BCUT2D eigenvalue weighted by atomic mass is 19.4. The number of alkyl halides is 3. The minimum Gasteiger partial charge on any atom is -0.353 e. The van der Waals surface area contributed by atoms with E-state index in [-0.39, 0.29) is 6.04 Å². The quantitative estimate of drug-likeness (QED) is 0.769. The van der Waals surface area contributed by atoms with Crippen LogP contribution in [0.5, 0.6) is 0 Å². The number of hydrogen-bond acceptors (Lipinski definition) is 3. The summed E-state index contributed by atoms with van der Waals surface area (Å²) in [5.74, 6) is 0.339. The van der Waals surface area contributed by atoms with E-state index in [1.54, 1.807) is 11.0 Å². The number of anilines is 1. The lowest BCUT2D eigenvalue weighted by Gasteiger charge is -2.37. The molecule has 0 amide bonds. The SMILES string of the molecule is NC1CN(c2cccc(C(F)(F)F)n2)C1. The molecule has 0 saturated carbocycles. The van der Waals surface area contributed by atoms with Crippen LogP contribution in [0.15, 0.2) is 18.2 Å². The molecule has 0 unspecified atom stereocenters. The molecular weight excluding hydrogens is 207 g/mol. The Kier molecular flexibility index (Phi) is 2.30. The molecule has 0 atom stereocenters. The fraction of sp³-hybridized carbons (Fsp3) is 0.444. The normalized spacial score (nSPS) is 17.7. The predicted molar refractivity (Wildman–Crippen MR) is 49.4 cm³/mol. The first kappa shape index (κ1) is 10.2. The van der Waals surface area contributed by atoms with Gasteiger partial charge >= 0.3 is 6.18 Å². The van der Waals surface area contributed by atoms with Gasteiger partial charge in [-0.2, -0.15) is 13.2 Å². The van der Waals surface area contributed by atoms with Crippen LogP contribution in [0, 0.1) is 0 Å². The summed E-state index contributed by atoms with van der Waals surface area (Å²) in [6.45, 7) is 1.13. The summed E-state index contributed by atoms with van der Waals surface area (Å²) in [4.78, 5) is 5.27. The van der Waals surface area contributed by atoms with Gasteiger partial charge in [0.2, 0.25) is 0 Å². The van der Waals surface area contributed by atoms with E-state index in [9.17, 15) is 13.2 Å². The molecule has 0 bridgehead atoms. The van der Waals surface area contributed by atoms with Gasteiger partial charge in [-0.3, -0.25) is 0 Å². The van der Waals surface area contributed by atoms with E-state index in [4.69, 9.17) is 5.73 Å². The van der Waals surface area contributed by atoms with Crippen LogP contribution in [-0.2, 0) is 6.18 Å². The highest BCUT2D eigenvalue weighted by Crippen LogP contribution is 2.29. The lowest BCUT2D eigenvalue weighted by Crippen LogP contribution is -2.56. The van der Waals surface area contributed by atoms with Gasteiger partial charge in [0.15, 0.2) is 0 Å². The van der Waals surface area contributed by atoms with Crippen LogP contribution >= 0.6 is 0 Å². The van der Waals surface area contributed by atoms with Crippen molar-refractivity contribution >= 4 is 5.82 Å². The summed E-state index contributed by atoms with van der Waals surface area (Å²) in [5, 5.41) is 0. The summed E-state index contributed by atoms with van der Waals surface area (Å²) in [7, 11) is 0. The minimum absolute atomic E-state index is 0.0429. The molecule has 6 heteroatoms. The average Bonchev–Trinajstić information content (AvgIpc) is 2.12. The predicted octanol–water partition coefficient (Wildman–Crippen LogP) is 1.25. The molecule has 0 spiro atoms. The maximum Gasteiger partial charge on any atom is 0.433 e. The van der Waals surface area contributed by atoms with E-state index in [0.717, 1.165) is 6.07 Å². The standard InChI is InChI=1S/C9H10F3N3/c10-9(11,12)7-2-1-3-8(14-7)15-4-6(13)5-15/h1-3,6H,4-5,13H2. The number of pyridine rings is 1. The molecule has 1 aliphatic rings. The Morgan fingerprint density at radius 1 is 1.33 bits per heavy atom. The van der Waals surface area contributed by atoms with Gasteiger partial charge < -0.3 is 10.6 Å². The monoisotopic (exact) mass is 217 g/mol. The molecule has 3 nitrogen and oxygen atoms in total. The van der Waals surface area contributed by atoms with Gasteiger partial charge in [0.05, 0.1) is 0 Å². The third-order valence-electron chi connectivity index (χ3n) is 2.26. The van der Waals surface area contributed by atoms with Crippen molar-refractivity contribution in [3.63, 3.8) is 0 Å². The van der Waals surface area contributed by atoms with Crippen molar-refractivity contribution in [3.05, 3.63) is 23.9 Å². The number of halogens is 3. The minimum atomic E-state index is -4.39. The van der Waals surface area contributed by atoms with E-state index in [2.05, 4.69) is 4.98 Å². The van der Waals surface area contributed by atoms with Crippen LogP contribution in [0.25, 0.3) is 0 Å². The topological polar surface area (TPSA) is 42.1 Å². The second-order valence-electron chi connectivity index (χ2n) is 3.54. The molecule has 2 heterocycles. The van der Waals surface area contributed by atoms with Crippen molar-refractivity contribution in [2.24, 2.45) is 5.73 Å². The molecule has 82 valence electrons. The van der Waals surface area contributed by atoms with Crippen LogP contribution in [-0.4, -0.2) is 24.1 Å². The number of rotatable bonds is 1. The molecule has 0 aromatic carbocycles. The summed E-state index contributed by atoms with van der Waals surface area (Å²) < 4.78 is 37.0. The zero-order valence-corrected chi connectivity index (χ0v) is 7.83. The van der Waals surface area contributed by atoms with Gasteiger partial charge in [0.25, 0.3) is 0 Å². The fourth-order valence-electron chi connectivity index (χ4n) is 1.46. The zero-order valence-electron chi connectivity index (χ0n) is 7.83. The Morgan fingerprint density at radius 2 is 2.00 bits per heavy atom. The first-order chi connectivity index (χ1) is 6.97. The molecule has 1 fully saturated rings. The molecule has 2 N–H and O–H groups in total. The van der Waals surface area contributed by atoms with Crippen LogP contribution in [0.2, 0.25) is 0 Å². The summed E-state index contributed by atoms with van der Waals surface area (Å²) in [5.41, 5.74) is 4.68. The molecule has 1 saturated heterocycles. The van der Waals surface area contributed by atoms with E-state index in [0.29, 0.717) is 18.9 Å². The van der Waals surface area contributed by atoms with E-state index in [1.807, 2.05) is 0 Å². The number of nitrogens with two attached hydrogens (primary N) is 1. The zero-order chi connectivity index (χ0) is 11.1. The van der Waals surface area contributed by atoms with Gasteiger partial charge in [0, 0.05) is 19.1 Å². The highest BCUT2D eigenvalue weighted by Gasteiger charge is 2.33. The summed E-state index contributed by atoms with van der Waals surface area (Å²) in [6.07, 6.45) is -4.39. The average molecular weight is 217 g/mol. The van der Waals surface area contributed by atoms with E-state index >= 15 is 0 Å². The Morgan fingerprint density at radius 3 is 2.53 bits per heavy atom. The molecule has 1 aliphatic heterocycles. The number of hydrogen-bond donors (Lipinski definition) is 1. The van der Waals surface area contributed by atoms with Crippen molar-refractivity contribution < 1.29 is 13.2 Å². The highest BCUT2D eigenvalue weighted by molar-refractivity contribution is 5.43. The summed E-state index contributed by atoms with van der Waals surface area (Å²) >= 11 is 0. The van der Waals surface area contributed by atoms with Crippen LogP contribution in [0.4, 0.5) is 19.0 Å². The summed E-state index contributed by atoms with van der Waals surface area (Å²) in [6, 6.07) is 3.92. The van der Waals surface area contributed by atoms with Gasteiger partial charge in [0.1, 0.15) is 11.5 Å². The lowest BCUT2D eigenvalue weighted by molar-refractivity contribution is -0.141. The Bertz CT molecular complexity index is 358. The lowest BCUT2D eigenvalue weighted by atomic mass is 10.1. The molecular formula is C9H10F3N3. The van der Waals surface area contributed by atoms with Crippen LogP contribution in [0.1, 0.15) is 5.69 Å². The van der Waals surface area contributed by atoms with Gasteiger partial charge in [-0.05, 0) is 12.1 Å². The molecule has 0 radical (unpaired) electrons. The van der Waals surface area contributed by atoms with Gasteiger partial charge in [-0.1, -0.05) is 6.07 Å². The Labute approximate surface area is 84.7 Å². The molecule has 1 aromatic rings. The van der Waals surface area contributed by atoms with E-state index in [1.165, 1.54) is 6.07 Å². The van der Waals surface area contributed by atoms with Crippen molar-refractivity contribution in [2.45, 2.75) is 12.2 Å².